The highest BCUT2D eigenvalue weighted by Gasteiger charge is 2.08. The number of nitrogens with two attached hydrogens (primary N) is 1. The molecular formula is C9H16N4O. The molecule has 1 heterocycles. The summed E-state index contributed by atoms with van der Waals surface area (Å²) >= 11 is 0. The van der Waals surface area contributed by atoms with Gasteiger partial charge in [-0.3, -0.25) is 0 Å². The number of aliphatic hydroxyl groups is 1. The van der Waals surface area contributed by atoms with Crippen molar-refractivity contribution in [2.45, 2.75) is 26.0 Å². The molecule has 1 rings (SSSR count). The minimum absolute atomic E-state index is 0.306. The minimum atomic E-state index is -0.535. The lowest BCUT2D eigenvalue weighted by molar-refractivity contribution is 0.168. The normalized spacial score (nSPS) is 14.9. The van der Waals surface area contributed by atoms with Crippen molar-refractivity contribution in [1.29, 1.82) is 0 Å². The van der Waals surface area contributed by atoms with Crippen LogP contribution in [0.4, 0.5) is 5.95 Å². The maximum absolute atomic E-state index is 9.15. The molecule has 4 N–H and O–H groups in total. The van der Waals surface area contributed by atoms with Crippen molar-refractivity contribution >= 4 is 5.95 Å². The highest BCUT2D eigenvalue weighted by atomic mass is 16.3. The van der Waals surface area contributed by atoms with E-state index in [9.17, 15) is 0 Å². The monoisotopic (exact) mass is 196 g/mol. The van der Waals surface area contributed by atoms with E-state index in [1.807, 2.05) is 13.0 Å². The van der Waals surface area contributed by atoms with Crippen LogP contribution in [0, 0.1) is 6.92 Å². The first-order chi connectivity index (χ1) is 6.59. The molecule has 0 aliphatic rings. The van der Waals surface area contributed by atoms with Crippen molar-refractivity contribution in [2.24, 2.45) is 5.73 Å². The van der Waals surface area contributed by atoms with Crippen LogP contribution in [0.5, 0.6) is 0 Å². The van der Waals surface area contributed by atoms with Crippen molar-refractivity contribution in [3.05, 3.63) is 18.0 Å². The second kappa shape index (κ2) is 4.88. The van der Waals surface area contributed by atoms with Gasteiger partial charge >= 0.3 is 0 Å². The maximum atomic E-state index is 9.15. The molecular weight excluding hydrogens is 180 g/mol. The summed E-state index contributed by atoms with van der Waals surface area (Å²) in [6.45, 7) is 4.01. The van der Waals surface area contributed by atoms with Gasteiger partial charge in [0.1, 0.15) is 0 Å². The Morgan fingerprint density at radius 1 is 1.64 bits per heavy atom. The third kappa shape index (κ3) is 3.27. The average molecular weight is 196 g/mol. The van der Waals surface area contributed by atoms with Gasteiger partial charge < -0.3 is 16.2 Å². The van der Waals surface area contributed by atoms with E-state index < -0.39 is 6.10 Å². The van der Waals surface area contributed by atoms with Crippen LogP contribution < -0.4 is 11.1 Å². The third-order valence-corrected chi connectivity index (χ3v) is 1.91. The van der Waals surface area contributed by atoms with Crippen LogP contribution in [0.3, 0.4) is 0 Å². The zero-order valence-electron chi connectivity index (χ0n) is 8.44. The Morgan fingerprint density at radius 2 is 2.36 bits per heavy atom. The van der Waals surface area contributed by atoms with Crippen molar-refractivity contribution in [3.8, 4) is 0 Å². The number of aryl methyl sites for hydroxylation is 1. The number of hydrogen-bond donors (Lipinski definition) is 3. The van der Waals surface area contributed by atoms with Crippen LogP contribution in [0.15, 0.2) is 12.3 Å². The summed E-state index contributed by atoms with van der Waals surface area (Å²) in [7, 11) is 0. The van der Waals surface area contributed by atoms with E-state index in [0.717, 1.165) is 5.69 Å². The van der Waals surface area contributed by atoms with E-state index in [2.05, 4.69) is 15.3 Å². The number of rotatable bonds is 4. The molecule has 0 spiro atoms. The second-order valence-corrected chi connectivity index (χ2v) is 3.31. The Hall–Kier alpha value is -1.20. The second-order valence-electron chi connectivity index (χ2n) is 3.31. The number of aromatic nitrogens is 2. The number of nitrogens with zero attached hydrogens (tertiary/aromatic N) is 2. The molecule has 2 atom stereocenters. The predicted octanol–water partition coefficient (Wildman–Crippen LogP) is -0.0950. The first kappa shape index (κ1) is 10.9. The fourth-order valence-electron chi connectivity index (χ4n) is 0.914. The third-order valence-electron chi connectivity index (χ3n) is 1.91. The summed E-state index contributed by atoms with van der Waals surface area (Å²) < 4.78 is 0. The Balaban J connectivity index is 2.45. The number of anilines is 1. The van der Waals surface area contributed by atoms with E-state index in [4.69, 9.17) is 10.8 Å². The van der Waals surface area contributed by atoms with Crippen LogP contribution in [0.1, 0.15) is 12.6 Å². The van der Waals surface area contributed by atoms with Gasteiger partial charge in [-0.1, -0.05) is 0 Å². The predicted molar refractivity (Wildman–Crippen MR) is 54.9 cm³/mol. The largest absolute Gasteiger partial charge is 0.392 e. The van der Waals surface area contributed by atoms with Gasteiger partial charge in [0.2, 0.25) is 5.95 Å². The van der Waals surface area contributed by atoms with Gasteiger partial charge in [0.05, 0.1) is 6.10 Å². The Bertz CT molecular complexity index is 290. The molecule has 14 heavy (non-hydrogen) atoms. The number of aliphatic hydroxyl groups excluding tert-OH is 1. The fraction of sp³-hybridized carbons (Fsp3) is 0.556. The molecule has 1 aromatic rings. The standard InChI is InChI=1S/C9H16N4O/c1-6-3-4-11-9(13-6)12-5-8(10)7(2)14/h3-4,7-8,14H,5,10H2,1-2H3,(H,11,12,13). The van der Waals surface area contributed by atoms with Gasteiger partial charge in [-0.2, -0.15) is 0 Å². The van der Waals surface area contributed by atoms with Crippen LogP contribution >= 0.6 is 0 Å². The van der Waals surface area contributed by atoms with Crippen molar-refractivity contribution in [3.63, 3.8) is 0 Å². The lowest BCUT2D eigenvalue weighted by Crippen LogP contribution is -2.39. The zero-order chi connectivity index (χ0) is 10.6. The molecule has 0 saturated carbocycles. The molecule has 5 nitrogen and oxygen atoms in total. The van der Waals surface area contributed by atoms with Crippen molar-refractivity contribution in [2.75, 3.05) is 11.9 Å². The number of hydrogen-bond acceptors (Lipinski definition) is 5. The molecule has 0 amide bonds. The van der Waals surface area contributed by atoms with E-state index in [-0.39, 0.29) is 6.04 Å². The van der Waals surface area contributed by atoms with Gasteiger partial charge in [-0.25, -0.2) is 9.97 Å². The smallest absolute Gasteiger partial charge is 0.222 e. The lowest BCUT2D eigenvalue weighted by Gasteiger charge is -2.15. The highest BCUT2D eigenvalue weighted by molar-refractivity contribution is 5.24. The van der Waals surface area contributed by atoms with Crippen LogP contribution in [0.2, 0.25) is 0 Å². The molecule has 0 bridgehead atoms. The minimum Gasteiger partial charge on any atom is -0.392 e. The van der Waals surface area contributed by atoms with Gasteiger partial charge in [0.25, 0.3) is 0 Å². The van der Waals surface area contributed by atoms with E-state index in [0.29, 0.717) is 12.5 Å². The fourth-order valence-corrected chi connectivity index (χ4v) is 0.914. The summed E-state index contributed by atoms with van der Waals surface area (Å²) in [5.41, 5.74) is 6.53. The molecule has 2 unspecified atom stereocenters. The van der Waals surface area contributed by atoms with E-state index in [1.165, 1.54) is 0 Å². The first-order valence-electron chi connectivity index (χ1n) is 4.57. The first-order valence-corrected chi connectivity index (χ1v) is 4.57. The number of nitrogens with one attached hydrogen (secondary N) is 1. The van der Waals surface area contributed by atoms with Crippen LogP contribution in [0.25, 0.3) is 0 Å². The summed E-state index contributed by atoms with van der Waals surface area (Å²) in [5.74, 6) is 0.543. The van der Waals surface area contributed by atoms with E-state index in [1.54, 1.807) is 13.1 Å². The van der Waals surface area contributed by atoms with Crippen molar-refractivity contribution < 1.29 is 5.11 Å². The Kier molecular flexibility index (Phi) is 3.79. The zero-order valence-corrected chi connectivity index (χ0v) is 8.44. The molecule has 0 aromatic carbocycles. The van der Waals surface area contributed by atoms with E-state index >= 15 is 0 Å². The summed E-state index contributed by atoms with van der Waals surface area (Å²) in [6.07, 6.45) is 1.14. The van der Waals surface area contributed by atoms with Crippen LogP contribution in [-0.2, 0) is 0 Å². The Labute approximate surface area is 83.4 Å². The van der Waals surface area contributed by atoms with Gasteiger partial charge in [-0.05, 0) is 19.9 Å². The lowest BCUT2D eigenvalue weighted by atomic mass is 10.2. The molecule has 0 fully saturated rings. The van der Waals surface area contributed by atoms with Crippen molar-refractivity contribution in [1.82, 2.24) is 9.97 Å². The molecule has 0 saturated heterocycles. The summed E-state index contributed by atoms with van der Waals surface area (Å²) in [6, 6.07) is 1.51. The maximum Gasteiger partial charge on any atom is 0.222 e. The van der Waals surface area contributed by atoms with Gasteiger partial charge in [-0.15, -0.1) is 0 Å². The quantitative estimate of drug-likeness (QED) is 0.626. The Morgan fingerprint density at radius 3 is 2.93 bits per heavy atom. The molecule has 0 radical (unpaired) electrons. The molecule has 1 aromatic heterocycles. The molecule has 0 aliphatic carbocycles. The molecule has 0 aliphatic heterocycles. The van der Waals surface area contributed by atoms with Crippen LogP contribution in [-0.4, -0.2) is 33.8 Å². The topological polar surface area (TPSA) is 84.1 Å². The SMILES string of the molecule is Cc1ccnc(NCC(N)C(C)O)n1. The molecule has 5 heteroatoms. The highest BCUT2D eigenvalue weighted by Crippen LogP contribution is 1.99. The van der Waals surface area contributed by atoms with Gasteiger partial charge in [0, 0.05) is 24.5 Å². The summed E-state index contributed by atoms with van der Waals surface area (Å²) in [4.78, 5) is 8.16. The summed E-state index contributed by atoms with van der Waals surface area (Å²) in [5, 5.41) is 12.1. The van der Waals surface area contributed by atoms with Gasteiger partial charge in [0.15, 0.2) is 0 Å². The molecule has 78 valence electrons. The average Bonchev–Trinajstić information content (AvgIpc) is 2.14.